The molecular formula is C19H19F8NO10S. The molecule has 2 rings (SSSR count). The van der Waals surface area contributed by atoms with Crippen LogP contribution in [0.15, 0.2) is 22.6 Å². The highest BCUT2D eigenvalue weighted by molar-refractivity contribution is 8.45. The summed E-state index contributed by atoms with van der Waals surface area (Å²) >= 11 is 0. The van der Waals surface area contributed by atoms with Crippen molar-refractivity contribution in [3.05, 3.63) is 38.9 Å². The molecule has 1 aliphatic heterocycles. The van der Waals surface area contributed by atoms with Crippen LogP contribution in [0.5, 0.6) is 5.75 Å². The van der Waals surface area contributed by atoms with Crippen molar-refractivity contribution in [2.45, 2.75) is 30.5 Å². The fourth-order valence-corrected chi connectivity index (χ4v) is 3.68. The maximum absolute atomic E-state index is 13.6. The zero-order valence-corrected chi connectivity index (χ0v) is 20.3. The van der Waals surface area contributed by atoms with Crippen LogP contribution in [-0.4, -0.2) is 62.7 Å². The minimum atomic E-state index is -10.3. The topological polar surface area (TPSA) is 133 Å². The molecule has 0 spiro atoms. The lowest BCUT2D eigenvalue weighted by Crippen LogP contribution is -2.41. The Hall–Kier alpha value is -3.55. The molecule has 222 valence electrons. The maximum atomic E-state index is 13.6. The first-order valence-electron chi connectivity index (χ1n) is 10.4. The summed E-state index contributed by atoms with van der Waals surface area (Å²) in [6.07, 6.45) is -9.97. The average molecular weight is 605 g/mol. The third kappa shape index (κ3) is 9.30. The zero-order valence-electron chi connectivity index (χ0n) is 19.5. The van der Waals surface area contributed by atoms with Crippen LogP contribution in [0, 0.1) is 10.1 Å². The number of carbonyl (C=O) groups is 2. The van der Waals surface area contributed by atoms with E-state index in [1.165, 1.54) is 6.92 Å². The summed E-state index contributed by atoms with van der Waals surface area (Å²) < 4.78 is 130. The van der Waals surface area contributed by atoms with Gasteiger partial charge in [0.1, 0.15) is 23.9 Å². The molecule has 0 amide bonds. The Bertz CT molecular complexity index is 1140. The second-order valence-electron chi connectivity index (χ2n) is 7.42. The smallest absolute Gasteiger partial charge is 0.475 e. The van der Waals surface area contributed by atoms with Gasteiger partial charge in [0, 0.05) is 5.56 Å². The van der Waals surface area contributed by atoms with Crippen LogP contribution in [0.3, 0.4) is 0 Å². The van der Waals surface area contributed by atoms with Crippen molar-refractivity contribution in [3.8, 4) is 5.75 Å². The molecule has 1 aromatic rings. The second kappa shape index (κ2) is 10.9. The standard InChI is InChI=1S/C19H19F8NO10S/c1-2-11-7-13(39(23,24,25,26)27)8-12-9-14(16(19(20,21)22)38-15(11)12)17(29)35-10-36-18(30)34-5-3-33-4-6-37-28(31)32/h7-9,16H,2-6,10H2,1H3. The lowest BCUT2D eigenvalue weighted by molar-refractivity contribution is -0.758. The van der Waals surface area contributed by atoms with Crippen LogP contribution in [0.25, 0.3) is 6.08 Å². The van der Waals surface area contributed by atoms with E-state index >= 15 is 0 Å². The first kappa shape index (κ1) is 31.7. The van der Waals surface area contributed by atoms with Gasteiger partial charge in [0.25, 0.3) is 5.09 Å². The van der Waals surface area contributed by atoms with E-state index in [1.807, 2.05) is 0 Å². The minimum Gasteiger partial charge on any atom is -0.475 e. The number of hydrogen-bond donors (Lipinski definition) is 0. The molecule has 1 atom stereocenters. The van der Waals surface area contributed by atoms with Crippen molar-refractivity contribution in [1.29, 1.82) is 0 Å². The molecule has 0 N–H and O–H groups in total. The summed E-state index contributed by atoms with van der Waals surface area (Å²) in [6.45, 7) is -1.48. The molecule has 1 unspecified atom stereocenters. The molecule has 0 aromatic heterocycles. The van der Waals surface area contributed by atoms with Crippen LogP contribution in [0.4, 0.5) is 37.4 Å². The highest BCUT2D eigenvalue weighted by atomic mass is 32.5. The number of ether oxygens (including phenoxy) is 5. The third-order valence-electron chi connectivity index (χ3n) is 4.60. The van der Waals surface area contributed by atoms with E-state index in [0.717, 1.165) is 0 Å². The van der Waals surface area contributed by atoms with Crippen molar-refractivity contribution in [1.82, 2.24) is 0 Å². The largest absolute Gasteiger partial charge is 0.511 e. The molecule has 1 heterocycles. The van der Waals surface area contributed by atoms with Crippen molar-refractivity contribution >= 4 is 28.4 Å². The number of nitrogens with zero attached hydrogens (tertiary/aromatic N) is 1. The summed E-state index contributed by atoms with van der Waals surface area (Å²) in [6, 6.07) is -0.161. The first-order chi connectivity index (χ1) is 17.7. The molecule has 0 saturated carbocycles. The van der Waals surface area contributed by atoms with Crippen LogP contribution in [0.2, 0.25) is 0 Å². The van der Waals surface area contributed by atoms with Gasteiger partial charge < -0.3 is 28.5 Å². The van der Waals surface area contributed by atoms with E-state index in [0.29, 0.717) is 0 Å². The summed E-state index contributed by atoms with van der Waals surface area (Å²) in [5, 5.41) is 8.86. The Morgan fingerprint density at radius 3 is 2.23 bits per heavy atom. The monoisotopic (exact) mass is 605 g/mol. The number of carbonyl (C=O) groups excluding carboxylic acids is 2. The van der Waals surface area contributed by atoms with Crippen LogP contribution < -0.4 is 4.74 Å². The van der Waals surface area contributed by atoms with Crippen LogP contribution in [-0.2, 0) is 35.0 Å². The maximum Gasteiger partial charge on any atom is 0.511 e. The van der Waals surface area contributed by atoms with Crippen molar-refractivity contribution in [2.75, 3.05) is 33.2 Å². The molecule has 0 saturated heterocycles. The quantitative estimate of drug-likeness (QED) is 0.0752. The summed E-state index contributed by atoms with van der Waals surface area (Å²) in [4.78, 5) is 35.2. The number of benzene rings is 1. The lowest BCUT2D eigenvalue weighted by Gasteiger charge is -2.41. The fraction of sp³-hybridized carbons (Fsp3) is 0.474. The Kier molecular flexibility index (Phi) is 8.86. The molecule has 1 aliphatic rings. The van der Waals surface area contributed by atoms with Gasteiger partial charge in [-0.3, -0.25) is 0 Å². The van der Waals surface area contributed by atoms with E-state index in [1.54, 1.807) is 0 Å². The molecule has 0 bridgehead atoms. The van der Waals surface area contributed by atoms with Gasteiger partial charge in [0.15, 0.2) is 0 Å². The Balaban J connectivity index is 2.10. The molecular weight excluding hydrogens is 586 g/mol. The zero-order chi connectivity index (χ0) is 29.7. The van der Waals surface area contributed by atoms with Gasteiger partial charge in [-0.2, -0.15) is 13.2 Å². The van der Waals surface area contributed by atoms with Gasteiger partial charge in [-0.05, 0) is 30.2 Å². The number of rotatable bonds is 12. The molecule has 39 heavy (non-hydrogen) atoms. The van der Waals surface area contributed by atoms with Gasteiger partial charge in [-0.15, -0.1) is 10.1 Å². The van der Waals surface area contributed by atoms with E-state index in [2.05, 4.69) is 19.0 Å². The lowest BCUT2D eigenvalue weighted by atomic mass is 9.98. The number of esters is 1. The molecule has 0 radical (unpaired) electrons. The number of fused-ring (bicyclic) bond motifs is 1. The van der Waals surface area contributed by atoms with Gasteiger partial charge in [-0.1, -0.05) is 26.4 Å². The highest BCUT2D eigenvalue weighted by Gasteiger charge is 2.66. The normalized spacial score (nSPS) is 16.9. The van der Waals surface area contributed by atoms with Gasteiger partial charge in [0.05, 0.1) is 18.8 Å². The average Bonchev–Trinajstić information content (AvgIpc) is 2.79. The Morgan fingerprint density at radius 2 is 1.67 bits per heavy atom. The molecule has 1 aromatic carbocycles. The van der Waals surface area contributed by atoms with Crippen LogP contribution in [0.1, 0.15) is 18.1 Å². The summed E-state index contributed by atoms with van der Waals surface area (Å²) in [5.41, 5.74) is -2.90. The predicted octanol–water partition coefficient (Wildman–Crippen LogP) is 5.49. The number of halogens is 8. The van der Waals surface area contributed by atoms with Crippen molar-refractivity contribution in [2.24, 2.45) is 0 Å². The van der Waals surface area contributed by atoms with Crippen molar-refractivity contribution in [3.63, 3.8) is 0 Å². The van der Waals surface area contributed by atoms with E-state index in [-0.39, 0.29) is 31.4 Å². The van der Waals surface area contributed by atoms with Crippen LogP contribution >= 0.6 is 10.2 Å². The molecule has 0 aliphatic carbocycles. The van der Waals surface area contributed by atoms with Gasteiger partial charge in [0.2, 0.25) is 12.9 Å². The Morgan fingerprint density at radius 1 is 1.03 bits per heavy atom. The number of aryl methyl sites for hydroxylation is 1. The van der Waals surface area contributed by atoms with Gasteiger partial charge in [-0.25, -0.2) is 9.59 Å². The number of hydrogen-bond acceptors (Lipinski definition) is 10. The molecule has 20 heteroatoms. The predicted molar refractivity (Wildman–Crippen MR) is 113 cm³/mol. The second-order valence-corrected chi connectivity index (χ2v) is 9.83. The molecule has 11 nitrogen and oxygen atoms in total. The Labute approximate surface area is 213 Å². The van der Waals surface area contributed by atoms with Crippen molar-refractivity contribution < 1.29 is 75.8 Å². The SMILES string of the molecule is CCc1cc(S(F)(F)(F)(F)F)cc2c1OC(C(F)(F)F)C(C(=O)OCOC(=O)OCCOCCO[N+](=O)[O-])=C2. The number of alkyl halides is 3. The van der Waals surface area contributed by atoms with E-state index in [9.17, 15) is 52.3 Å². The highest BCUT2D eigenvalue weighted by Crippen LogP contribution is 3.02. The first-order valence-corrected chi connectivity index (χ1v) is 12.4. The molecule has 0 fully saturated rings. The van der Waals surface area contributed by atoms with E-state index < -0.39 is 93.5 Å². The summed E-state index contributed by atoms with van der Waals surface area (Å²) in [5.74, 6) is -2.63. The third-order valence-corrected chi connectivity index (χ3v) is 5.72. The van der Waals surface area contributed by atoms with Gasteiger partial charge >= 0.3 is 28.5 Å². The van der Waals surface area contributed by atoms with E-state index in [4.69, 9.17) is 9.47 Å². The summed E-state index contributed by atoms with van der Waals surface area (Å²) in [7, 11) is -10.3. The fourth-order valence-electron chi connectivity index (χ4n) is 2.97. The minimum absolute atomic E-state index is 0.0180.